The molecule has 0 aliphatic carbocycles. The van der Waals surface area contributed by atoms with Gasteiger partial charge in [-0.05, 0) is 6.42 Å². The standard InChI is InChI=1S/C11H19ClN6O2/c1-20-6-8(19)4-14-7-2-3-18(5-7)11-15-10(13)9(12)16-17-11/h7-8,14,19H,2-6H2,1H3,(H2,13,15,17). The van der Waals surface area contributed by atoms with Crippen molar-refractivity contribution < 1.29 is 9.84 Å². The van der Waals surface area contributed by atoms with Crippen LogP contribution in [0.15, 0.2) is 0 Å². The minimum Gasteiger partial charge on any atom is -0.389 e. The van der Waals surface area contributed by atoms with E-state index in [4.69, 9.17) is 22.1 Å². The quantitative estimate of drug-likeness (QED) is 0.632. The van der Waals surface area contributed by atoms with E-state index in [1.54, 1.807) is 7.11 Å². The van der Waals surface area contributed by atoms with Crippen molar-refractivity contribution in [1.29, 1.82) is 0 Å². The first-order valence-corrected chi connectivity index (χ1v) is 6.79. The second-order valence-electron chi connectivity index (χ2n) is 4.74. The van der Waals surface area contributed by atoms with Crippen LogP contribution in [0.25, 0.3) is 0 Å². The number of aliphatic hydroxyl groups excluding tert-OH is 1. The molecule has 2 heterocycles. The highest BCUT2D eigenvalue weighted by molar-refractivity contribution is 6.31. The van der Waals surface area contributed by atoms with Crippen LogP contribution < -0.4 is 16.0 Å². The van der Waals surface area contributed by atoms with Crippen molar-refractivity contribution >= 4 is 23.4 Å². The summed E-state index contributed by atoms with van der Waals surface area (Å²) in [6, 6.07) is 0.266. The van der Waals surface area contributed by atoms with Crippen LogP contribution in [0.5, 0.6) is 0 Å². The summed E-state index contributed by atoms with van der Waals surface area (Å²) >= 11 is 5.70. The molecule has 1 aromatic heterocycles. The van der Waals surface area contributed by atoms with Gasteiger partial charge >= 0.3 is 0 Å². The summed E-state index contributed by atoms with van der Waals surface area (Å²) in [5.74, 6) is 0.664. The molecule has 0 saturated carbocycles. The lowest BCUT2D eigenvalue weighted by molar-refractivity contribution is 0.0631. The van der Waals surface area contributed by atoms with E-state index in [-0.39, 0.29) is 17.0 Å². The van der Waals surface area contributed by atoms with E-state index in [0.29, 0.717) is 19.1 Å². The lowest BCUT2D eigenvalue weighted by Gasteiger charge is -2.18. The summed E-state index contributed by atoms with van der Waals surface area (Å²) in [4.78, 5) is 6.10. The minimum atomic E-state index is -0.502. The number of halogens is 1. The molecule has 20 heavy (non-hydrogen) atoms. The molecule has 2 unspecified atom stereocenters. The van der Waals surface area contributed by atoms with Crippen LogP contribution in [-0.4, -0.2) is 65.8 Å². The molecule has 9 heteroatoms. The molecule has 1 aliphatic rings. The fourth-order valence-corrected chi connectivity index (χ4v) is 2.19. The molecule has 112 valence electrons. The predicted octanol–water partition coefficient (Wildman–Crippen LogP) is -0.717. The van der Waals surface area contributed by atoms with Crippen molar-refractivity contribution in [3.8, 4) is 0 Å². The maximum absolute atomic E-state index is 9.59. The van der Waals surface area contributed by atoms with Gasteiger partial charge in [0.25, 0.3) is 0 Å². The maximum Gasteiger partial charge on any atom is 0.247 e. The first-order chi connectivity index (χ1) is 9.60. The molecule has 0 aromatic carbocycles. The topological polar surface area (TPSA) is 109 Å². The predicted molar refractivity (Wildman–Crippen MR) is 75.8 cm³/mol. The van der Waals surface area contributed by atoms with Crippen LogP contribution in [0.4, 0.5) is 11.8 Å². The molecule has 1 saturated heterocycles. The average molecular weight is 303 g/mol. The Morgan fingerprint density at radius 3 is 3.10 bits per heavy atom. The normalized spacial score (nSPS) is 20.4. The Labute approximate surface area is 122 Å². The second-order valence-corrected chi connectivity index (χ2v) is 5.09. The summed E-state index contributed by atoms with van der Waals surface area (Å²) in [6.45, 7) is 2.36. The van der Waals surface area contributed by atoms with Gasteiger partial charge in [-0.2, -0.15) is 4.98 Å². The zero-order valence-corrected chi connectivity index (χ0v) is 12.0. The molecule has 0 spiro atoms. The third kappa shape index (κ3) is 3.89. The van der Waals surface area contributed by atoms with Gasteiger partial charge in [0.2, 0.25) is 5.95 Å². The molecule has 0 radical (unpaired) electrons. The van der Waals surface area contributed by atoms with Crippen molar-refractivity contribution in [2.24, 2.45) is 0 Å². The lowest BCUT2D eigenvalue weighted by Crippen LogP contribution is -2.39. The van der Waals surface area contributed by atoms with Crippen LogP contribution >= 0.6 is 11.6 Å². The number of aromatic nitrogens is 3. The molecule has 1 aromatic rings. The zero-order chi connectivity index (χ0) is 14.5. The molecule has 0 bridgehead atoms. The number of nitrogen functional groups attached to an aromatic ring is 1. The summed E-state index contributed by atoms with van der Waals surface area (Å²) in [5.41, 5.74) is 5.62. The van der Waals surface area contributed by atoms with E-state index >= 15 is 0 Å². The number of hydrogen-bond donors (Lipinski definition) is 3. The van der Waals surface area contributed by atoms with Crippen LogP contribution in [0.3, 0.4) is 0 Å². The molecule has 2 atom stereocenters. The number of nitrogens with two attached hydrogens (primary N) is 1. The van der Waals surface area contributed by atoms with Gasteiger partial charge < -0.3 is 25.8 Å². The highest BCUT2D eigenvalue weighted by Gasteiger charge is 2.25. The Bertz CT molecular complexity index is 449. The van der Waals surface area contributed by atoms with E-state index < -0.39 is 6.10 Å². The molecule has 4 N–H and O–H groups in total. The van der Waals surface area contributed by atoms with Gasteiger partial charge in [0.05, 0.1) is 12.7 Å². The Balaban J connectivity index is 1.84. The third-order valence-corrected chi connectivity index (χ3v) is 3.40. The number of ether oxygens (including phenoxy) is 1. The molecule has 1 fully saturated rings. The number of nitrogens with zero attached hydrogens (tertiary/aromatic N) is 4. The van der Waals surface area contributed by atoms with Gasteiger partial charge in [-0.25, -0.2) is 0 Å². The van der Waals surface area contributed by atoms with E-state index in [1.165, 1.54) is 0 Å². The second kappa shape index (κ2) is 6.98. The Hall–Kier alpha value is -1.22. The summed E-state index contributed by atoms with van der Waals surface area (Å²) in [6.07, 6.45) is 0.434. The number of hydrogen-bond acceptors (Lipinski definition) is 8. The fraction of sp³-hybridized carbons (Fsp3) is 0.727. The average Bonchev–Trinajstić information content (AvgIpc) is 2.89. The van der Waals surface area contributed by atoms with Gasteiger partial charge in [0.1, 0.15) is 0 Å². The van der Waals surface area contributed by atoms with Crippen molar-refractivity contribution in [3.63, 3.8) is 0 Å². The number of aliphatic hydroxyl groups is 1. The Kier molecular flexibility index (Phi) is 5.30. The first kappa shape index (κ1) is 15.2. The zero-order valence-electron chi connectivity index (χ0n) is 11.3. The monoisotopic (exact) mass is 302 g/mol. The van der Waals surface area contributed by atoms with Gasteiger partial charge in [-0.1, -0.05) is 11.6 Å². The molecule has 8 nitrogen and oxygen atoms in total. The highest BCUT2D eigenvalue weighted by atomic mass is 35.5. The number of anilines is 2. The van der Waals surface area contributed by atoms with Gasteiger partial charge in [0.15, 0.2) is 11.0 Å². The van der Waals surface area contributed by atoms with Crippen LogP contribution in [0.2, 0.25) is 5.15 Å². The smallest absolute Gasteiger partial charge is 0.247 e. The van der Waals surface area contributed by atoms with Gasteiger partial charge in [0, 0.05) is 32.8 Å². The largest absolute Gasteiger partial charge is 0.389 e. The first-order valence-electron chi connectivity index (χ1n) is 6.41. The third-order valence-electron chi connectivity index (χ3n) is 3.13. The SMILES string of the molecule is COCC(O)CNC1CCN(c2nnc(Cl)c(N)n2)C1. The molecule has 0 amide bonds. The summed E-state index contributed by atoms with van der Waals surface area (Å²) in [7, 11) is 1.57. The van der Waals surface area contributed by atoms with E-state index in [9.17, 15) is 5.11 Å². The van der Waals surface area contributed by atoms with E-state index in [0.717, 1.165) is 19.5 Å². The van der Waals surface area contributed by atoms with E-state index in [2.05, 4.69) is 20.5 Å². The number of methoxy groups -OCH3 is 1. The number of nitrogens with one attached hydrogen (secondary N) is 1. The van der Waals surface area contributed by atoms with Gasteiger partial charge in [-0.15, -0.1) is 10.2 Å². The minimum absolute atomic E-state index is 0.116. The van der Waals surface area contributed by atoms with Crippen molar-refractivity contribution in [2.75, 3.05) is 44.0 Å². The molecule has 1 aliphatic heterocycles. The van der Waals surface area contributed by atoms with Gasteiger partial charge in [-0.3, -0.25) is 0 Å². The Morgan fingerprint density at radius 2 is 2.40 bits per heavy atom. The van der Waals surface area contributed by atoms with Crippen LogP contribution in [0.1, 0.15) is 6.42 Å². The number of rotatable bonds is 6. The van der Waals surface area contributed by atoms with E-state index in [1.807, 2.05) is 4.90 Å². The lowest BCUT2D eigenvalue weighted by atomic mass is 10.2. The maximum atomic E-state index is 9.59. The summed E-state index contributed by atoms with van der Waals surface area (Å²) < 4.78 is 4.88. The van der Waals surface area contributed by atoms with Crippen molar-refractivity contribution in [1.82, 2.24) is 20.5 Å². The van der Waals surface area contributed by atoms with Crippen molar-refractivity contribution in [3.05, 3.63) is 5.15 Å². The molecular formula is C11H19ClN6O2. The highest BCUT2D eigenvalue weighted by Crippen LogP contribution is 2.19. The molecular weight excluding hydrogens is 284 g/mol. The summed E-state index contributed by atoms with van der Waals surface area (Å²) in [5, 5.41) is 20.7. The van der Waals surface area contributed by atoms with Crippen molar-refractivity contribution in [2.45, 2.75) is 18.6 Å². The van der Waals surface area contributed by atoms with Crippen LogP contribution in [-0.2, 0) is 4.74 Å². The fourth-order valence-electron chi connectivity index (χ4n) is 2.11. The Morgan fingerprint density at radius 1 is 1.60 bits per heavy atom. The van der Waals surface area contributed by atoms with Crippen LogP contribution in [0, 0.1) is 0 Å². The molecule has 2 rings (SSSR count).